The Balaban J connectivity index is 1.84. The van der Waals surface area contributed by atoms with Crippen LogP contribution in [0.25, 0.3) is 0 Å². The molecule has 2 heterocycles. The van der Waals surface area contributed by atoms with E-state index in [1.165, 1.54) is 11.1 Å². The highest BCUT2D eigenvalue weighted by Gasteiger charge is 2.16. The minimum Gasteiger partial charge on any atom is -0.350 e. The maximum atomic E-state index is 10.5. The molecule has 0 amide bonds. The van der Waals surface area contributed by atoms with Crippen LogP contribution in [-0.2, 0) is 13.0 Å². The third kappa shape index (κ3) is 1.97. The van der Waals surface area contributed by atoms with Crippen LogP contribution in [-0.4, -0.2) is 23.0 Å². The van der Waals surface area contributed by atoms with E-state index in [0.717, 1.165) is 25.3 Å². The van der Waals surface area contributed by atoms with Crippen molar-refractivity contribution >= 4 is 12.1 Å². The van der Waals surface area contributed by atoms with Crippen molar-refractivity contribution in [2.24, 2.45) is 0 Å². The number of anilines is 1. The summed E-state index contributed by atoms with van der Waals surface area (Å²) in [4.78, 5) is 12.7. The van der Waals surface area contributed by atoms with Crippen molar-refractivity contribution in [3.63, 3.8) is 0 Å². The summed E-state index contributed by atoms with van der Waals surface area (Å²) in [6.45, 7) is 1.79. The fraction of sp³-hybridized carbons (Fsp3) is 0.214. The van der Waals surface area contributed by atoms with Gasteiger partial charge in [-0.05, 0) is 29.7 Å². The lowest BCUT2D eigenvalue weighted by atomic mass is 10.00. The molecular weight excluding hydrogens is 226 g/mol. The van der Waals surface area contributed by atoms with Crippen LogP contribution in [0.15, 0.2) is 36.4 Å². The van der Waals surface area contributed by atoms with Crippen LogP contribution >= 0.6 is 0 Å². The molecule has 1 aliphatic heterocycles. The summed E-state index contributed by atoms with van der Waals surface area (Å²) in [6, 6.07) is 12.0. The lowest BCUT2D eigenvalue weighted by Gasteiger charge is -2.29. The molecule has 0 fully saturated rings. The average molecular weight is 239 g/mol. The van der Waals surface area contributed by atoms with E-state index in [9.17, 15) is 4.79 Å². The molecule has 0 saturated heterocycles. The highest BCUT2D eigenvalue weighted by molar-refractivity contribution is 5.71. The Hall–Kier alpha value is -2.23. The molecule has 0 atom stereocenters. The third-order valence-corrected chi connectivity index (χ3v) is 3.25. The van der Waals surface area contributed by atoms with Crippen molar-refractivity contribution < 1.29 is 4.79 Å². The minimum absolute atomic E-state index is 0.371. The Bertz CT molecular complexity index is 566. The SMILES string of the molecule is O=Cc1ccc(N2CCc3ccccc3C2)nn1. The molecule has 0 saturated carbocycles. The molecule has 4 heteroatoms. The summed E-state index contributed by atoms with van der Waals surface area (Å²) in [7, 11) is 0. The lowest BCUT2D eigenvalue weighted by molar-refractivity contribution is 0.111. The van der Waals surface area contributed by atoms with Gasteiger partial charge in [0.1, 0.15) is 5.69 Å². The Labute approximate surface area is 105 Å². The number of nitrogens with zero attached hydrogens (tertiary/aromatic N) is 3. The quantitative estimate of drug-likeness (QED) is 0.750. The first-order valence-corrected chi connectivity index (χ1v) is 5.97. The molecule has 0 N–H and O–H groups in total. The minimum atomic E-state index is 0.371. The predicted molar refractivity (Wildman–Crippen MR) is 68.6 cm³/mol. The van der Waals surface area contributed by atoms with Crippen molar-refractivity contribution in [2.75, 3.05) is 11.4 Å². The van der Waals surface area contributed by atoms with Gasteiger partial charge in [0.2, 0.25) is 0 Å². The van der Waals surface area contributed by atoms with Crippen LogP contribution in [0, 0.1) is 0 Å². The predicted octanol–water partition coefficient (Wildman–Crippen LogP) is 1.85. The normalized spacial score (nSPS) is 14.1. The monoisotopic (exact) mass is 239 g/mol. The van der Waals surface area contributed by atoms with Gasteiger partial charge in [0, 0.05) is 13.1 Å². The number of benzene rings is 1. The Morgan fingerprint density at radius 1 is 1.06 bits per heavy atom. The van der Waals surface area contributed by atoms with Crippen LogP contribution in [0.4, 0.5) is 5.82 Å². The zero-order chi connectivity index (χ0) is 12.4. The highest BCUT2D eigenvalue weighted by atomic mass is 16.1. The molecule has 18 heavy (non-hydrogen) atoms. The Kier molecular flexibility index (Phi) is 2.76. The zero-order valence-electron chi connectivity index (χ0n) is 9.91. The summed E-state index contributed by atoms with van der Waals surface area (Å²) in [5, 5.41) is 7.96. The first-order chi connectivity index (χ1) is 8.86. The Morgan fingerprint density at radius 3 is 2.61 bits per heavy atom. The van der Waals surface area contributed by atoms with Crippen molar-refractivity contribution in [1.29, 1.82) is 0 Å². The van der Waals surface area contributed by atoms with Gasteiger partial charge in [-0.3, -0.25) is 4.79 Å². The molecule has 3 rings (SSSR count). The number of carbonyl (C=O) groups is 1. The molecule has 4 nitrogen and oxygen atoms in total. The van der Waals surface area contributed by atoms with Crippen LogP contribution in [0.1, 0.15) is 21.6 Å². The second-order valence-corrected chi connectivity index (χ2v) is 4.37. The van der Waals surface area contributed by atoms with Crippen LogP contribution in [0.5, 0.6) is 0 Å². The van der Waals surface area contributed by atoms with E-state index in [1.54, 1.807) is 6.07 Å². The lowest BCUT2D eigenvalue weighted by Crippen LogP contribution is -2.31. The molecule has 90 valence electrons. The summed E-state index contributed by atoms with van der Waals surface area (Å²) >= 11 is 0. The summed E-state index contributed by atoms with van der Waals surface area (Å²) < 4.78 is 0. The van der Waals surface area contributed by atoms with Gasteiger partial charge in [0.15, 0.2) is 12.1 Å². The number of fused-ring (bicyclic) bond motifs is 1. The van der Waals surface area contributed by atoms with Crippen LogP contribution in [0.3, 0.4) is 0 Å². The maximum absolute atomic E-state index is 10.5. The molecule has 1 aromatic carbocycles. The van der Waals surface area contributed by atoms with Crippen LogP contribution in [0.2, 0.25) is 0 Å². The second kappa shape index (κ2) is 4.56. The van der Waals surface area contributed by atoms with E-state index in [-0.39, 0.29) is 0 Å². The van der Waals surface area contributed by atoms with Gasteiger partial charge in [-0.25, -0.2) is 0 Å². The largest absolute Gasteiger partial charge is 0.350 e. The molecule has 0 unspecified atom stereocenters. The van der Waals surface area contributed by atoms with Gasteiger partial charge < -0.3 is 4.90 Å². The maximum Gasteiger partial charge on any atom is 0.170 e. The second-order valence-electron chi connectivity index (χ2n) is 4.37. The van der Waals surface area contributed by atoms with Crippen molar-refractivity contribution in [3.8, 4) is 0 Å². The van der Waals surface area contributed by atoms with E-state index in [0.29, 0.717) is 12.0 Å². The topological polar surface area (TPSA) is 46.1 Å². The first kappa shape index (κ1) is 10.9. The molecule has 1 aliphatic rings. The van der Waals surface area contributed by atoms with Crippen LogP contribution < -0.4 is 4.90 Å². The van der Waals surface area contributed by atoms with Gasteiger partial charge in [0.05, 0.1) is 0 Å². The summed E-state index contributed by atoms with van der Waals surface area (Å²) in [5.41, 5.74) is 3.12. The molecule has 2 aromatic rings. The van der Waals surface area contributed by atoms with Gasteiger partial charge >= 0.3 is 0 Å². The first-order valence-electron chi connectivity index (χ1n) is 5.97. The number of carbonyl (C=O) groups excluding carboxylic acids is 1. The smallest absolute Gasteiger partial charge is 0.170 e. The molecule has 0 spiro atoms. The average Bonchev–Trinajstić information content (AvgIpc) is 2.47. The van der Waals surface area contributed by atoms with E-state index < -0.39 is 0 Å². The number of rotatable bonds is 2. The fourth-order valence-electron chi connectivity index (χ4n) is 2.26. The van der Waals surface area contributed by atoms with Crippen molar-refractivity contribution in [3.05, 3.63) is 53.2 Å². The van der Waals surface area contributed by atoms with Gasteiger partial charge in [-0.15, -0.1) is 10.2 Å². The van der Waals surface area contributed by atoms with Gasteiger partial charge in [-0.2, -0.15) is 0 Å². The molecule has 0 bridgehead atoms. The standard InChI is InChI=1S/C14H13N3O/c18-10-13-5-6-14(16-15-13)17-8-7-11-3-1-2-4-12(11)9-17/h1-6,10H,7-9H2. The van der Waals surface area contributed by atoms with E-state index >= 15 is 0 Å². The van der Waals surface area contributed by atoms with Crippen molar-refractivity contribution in [1.82, 2.24) is 10.2 Å². The molecule has 1 aromatic heterocycles. The molecular formula is C14H13N3O. The van der Waals surface area contributed by atoms with Crippen molar-refractivity contribution in [2.45, 2.75) is 13.0 Å². The molecule has 0 aliphatic carbocycles. The van der Waals surface area contributed by atoms with E-state index in [2.05, 4.69) is 39.4 Å². The van der Waals surface area contributed by atoms with Gasteiger partial charge in [0.25, 0.3) is 0 Å². The third-order valence-electron chi connectivity index (χ3n) is 3.25. The van der Waals surface area contributed by atoms with Gasteiger partial charge in [-0.1, -0.05) is 24.3 Å². The highest BCUT2D eigenvalue weighted by Crippen LogP contribution is 2.22. The number of hydrogen-bond donors (Lipinski definition) is 0. The number of aldehydes is 1. The number of aromatic nitrogens is 2. The Morgan fingerprint density at radius 2 is 1.89 bits per heavy atom. The number of hydrogen-bond acceptors (Lipinski definition) is 4. The molecule has 0 radical (unpaired) electrons. The zero-order valence-corrected chi connectivity index (χ0v) is 9.91. The van der Waals surface area contributed by atoms with E-state index in [1.807, 2.05) is 6.07 Å². The summed E-state index contributed by atoms with van der Waals surface area (Å²) in [5.74, 6) is 0.829. The van der Waals surface area contributed by atoms with E-state index in [4.69, 9.17) is 0 Å². The fourth-order valence-corrected chi connectivity index (χ4v) is 2.26. The summed E-state index contributed by atoms with van der Waals surface area (Å²) in [6.07, 6.45) is 1.73.